The van der Waals surface area contributed by atoms with Gasteiger partial charge < -0.3 is 15.4 Å². The second-order valence-corrected chi connectivity index (χ2v) is 4.99. The van der Waals surface area contributed by atoms with Gasteiger partial charge in [-0.05, 0) is 25.8 Å². The summed E-state index contributed by atoms with van der Waals surface area (Å²) in [5.41, 5.74) is 2.09. The summed E-state index contributed by atoms with van der Waals surface area (Å²) in [6.07, 6.45) is 1.79. The molecule has 1 aromatic heterocycles. The number of benzene rings is 1. The van der Waals surface area contributed by atoms with Gasteiger partial charge in [-0.1, -0.05) is 29.8 Å². The molecule has 0 aliphatic carbocycles. The first-order chi connectivity index (χ1) is 8.72. The van der Waals surface area contributed by atoms with Crippen LogP contribution in [0.1, 0.15) is 25.5 Å². The molecule has 0 radical (unpaired) electrons. The van der Waals surface area contributed by atoms with Gasteiger partial charge in [0.1, 0.15) is 0 Å². The molecule has 98 valence electrons. The Bertz CT molecular complexity index is 509. The van der Waals surface area contributed by atoms with Gasteiger partial charge in [0.15, 0.2) is 0 Å². The maximum Gasteiger partial charge on any atom is 0.0705 e. The average Bonchev–Trinajstić information content (AvgIpc) is 2.71. The highest BCUT2D eigenvalue weighted by molar-refractivity contribution is 6.36. The van der Waals surface area contributed by atoms with E-state index in [1.54, 1.807) is 0 Å². The molecule has 3 nitrogen and oxygen atoms in total. The summed E-state index contributed by atoms with van der Waals surface area (Å²) >= 11 is 6.33. The number of nitrogens with one attached hydrogen (secondary N) is 2. The first-order valence-corrected chi connectivity index (χ1v) is 6.69. The molecule has 0 saturated heterocycles. The number of hydrogen-bond donors (Lipinski definition) is 3. The van der Waals surface area contributed by atoms with E-state index < -0.39 is 0 Å². The van der Waals surface area contributed by atoms with Crippen molar-refractivity contribution in [1.29, 1.82) is 0 Å². The molecule has 3 N–H and O–H groups in total. The topological polar surface area (TPSA) is 48.0 Å². The lowest BCUT2D eigenvalue weighted by Gasteiger charge is -2.12. The summed E-state index contributed by atoms with van der Waals surface area (Å²) < 4.78 is 0. The van der Waals surface area contributed by atoms with Gasteiger partial charge >= 0.3 is 0 Å². The van der Waals surface area contributed by atoms with Crippen LogP contribution in [-0.2, 0) is 6.54 Å². The number of para-hydroxylation sites is 1. The summed E-state index contributed by atoms with van der Waals surface area (Å²) in [6.45, 7) is 3.09. The van der Waals surface area contributed by atoms with E-state index in [4.69, 9.17) is 16.7 Å². The Morgan fingerprint density at radius 2 is 2.17 bits per heavy atom. The molecule has 4 heteroatoms. The predicted octanol–water partition coefficient (Wildman–Crippen LogP) is 3.07. The van der Waals surface area contributed by atoms with Crippen LogP contribution in [0.15, 0.2) is 24.3 Å². The molecule has 0 bridgehead atoms. The van der Waals surface area contributed by atoms with Crippen LogP contribution in [0.2, 0.25) is 5.02 Å². The zero-order chi connectivity index (χ0) is 13.0. The van der Waals surface area contributed by atoms with Gasteiger partial charge in [0.2, 0.25) is 0 Å². The third-order valence-electron chi connectivity index (χ3n) is 3.14. The molecule has 0 aliphatic heterocycles. The van der Waals surface area contributed by atoms with Crippen molar-refractivity contribution in [3.63, 3.8) is 0 Å². The number of aromatic nitrogens is 1. The van der Waals surface area contributed by atoms with E-state index in [-0.39, 0.29) is 6.61 Å². The standard InChI is InChI=1S/C14H19ClN2O/c1-10(5-4-8-18)16-9-13-14(15)11-6-2-3-7-12(11)17-13/h2-3,6-7,10,16-18H,4-5,8-9H2,1H3. The van der Waals surface area contributed by atoms with Gasteiger partial charge in [0.05, 0.1) is 5.02 Å². The zero-order valence-electron chi connectivity index (χ0n) is 10.5. The molecule has 0 spiro atoms. The minimum absolute atomic E-state index is 0.249. The summed E-state index contributed by atoms with van der Waals surface area (Å²) in [7, 11) is 0. The molecule has 1 unspecified atom stereocenters. The van der Waals surface area contributed by atoms with Crippen molar-refractivity contribution < 1.29 is 5.11 Å². The number of aliphatic hydroxyl groups is 1. The molecule has 0 fully saturated rings. The van der Waals surface area contributed by atoms with Gasteiger partial charge in [0.25, 0.3) is 0 Å². The fourth-order valence-electron chi connectivity index (χ4n) is 2.06. The minimum atomic E-state index is 0.249. The van der Waals surface area contributed by atoms with Crippen molar-refractivity contribution in [2.75, 3.05) is 6.61 Å². The van der Waals surface area contributed by atoms with Crippen molar-refractivity contribution in [2.45, 2.75) is 32.4 Å². The van der Waals surface area contributed by atoms with Crippen LogP contribution in [0.5, 0.6) is 0 Å². The molecule has 2 rings (SSSR count). The van der Waals surface area contributed by atoms with Gasteiger partial charge in [0, 0.05) is 35.8 Å². The average molecular weight is 267 g/mol. The van der Waals surface area contributed by atoms with Crippen LogP contribution < -0.4 is 5.32 Å². The molecule has 18 heavy (non-hydrogen) atoms. The second kappa shape index (κ2) is 6.23. The van der Waals surface area contributed by atoms with Crippen molar-refractivity contribution in [1.82, 2.24) is 10.3 Å². The Morgan fingerprint density at radius 3 is 2.89 bits per heavy atom. The van der Waals surface area contributed by atoms with E-state index in [0.717, 1.165) is 41.0 Å². The summed E-state index contributed by atoms with van der Waals surface area (Å²) in [4.78, 5) is 3.33. The fourth-order valence-corrected chi connectivity index (χ4v) is 2.34. The van der Waals surface area contributed by atoms with Gasteiger partial charge in [-0.15, -0.1) is 0 Å². The van der Waals surface area contributed by atoms with Crippen LogP contribution >= 0.6 is 11.6 Å². The number of halogens is 1. The summed E-state index contributed by atoms with van der Waals surface area (Å²) in [6, 6.07) is 8.41. The predicted molar refractivity (Wildman–Crippen MR) is 75.9 cm³/mol. The third-order valence-corrected chi connectivity index (χ3v) is 3.57. The van der Waals surface area contributed by atoms with E-state index in [0.29, 0.717) is 6.04 Å². The Hall–Kier alpha value is -1.03. The summed E-state index contributed by atoms with van der Waals surface area (Å²) in [5, 5.41) is 14.1. The van der Waals surface area contributed by atoms with Gasteiger partial charge in [-0.3, -0.25) is 0 Å². The molecular weight excluding hydrogens is 248 g/mol. The van der Waals surface area contributed by atoms with E-state index in [2.05, 4.69) is 17.2 Å². The largest absolute Gasteiger partial charge is 0.396 e. The summed E-state index contributed by atoms with van der Waals surface area (Å²) in [5.74, 6) is 0. The fraction of sp³-hybridized carbons (Fsp3) is 0.429. The second-order valence-electron chi connectivity index (χ2n) is 4.61. The number of hydrogen-bond acceptors (Lipinski definition) is 2. The van der Waals surface area contributed by atoms with Crippen molar-refractivity contribution >= 4 is 22.5 Å². The number of aromatic amines is 1. The molecule has 0 aliphatic rings. The van der Waals surface area contributed by atoms with E-state index >= 15 is 0 Å². The van der Waals surface area contributed by atoms with E-state index in [9.17, 15) is 0 Å². The van der Waals surface area contributed by atoms with Crippen LogP contribution in [0.3, 0.4) is 0 Å². The lowest BCUT2D eigenvalue weighted by atomic mass is 10.2. The quantitative estimate of drug-likeness (QED) is 0.753. The Balaban J connectivity index is 2.01. The molecule has 1 aromatic carbocycles. The van der Waals surface area contributed by atoms with Crippen LogP contribution in [0.4, 0.5) is 0 Å². The molecular formula is C14H19ClN2O. The monoisotopic (exact) mass is 266 g/mol. The molecule has 1 atom stereocenters. The van der Waals surface area contributed by atoms with Crippen molar-refractivity contribution in [3.8, 4) is 0 Å². The zero-order valence-corrected chi connectivity index (χ0v) is 11.3. The first kappa shape index (κ1) is 13.4. The molecule has 0 saturated carbocycles. The van der Waals surface area contributed by atoms with Crippen LogP contribution in [0, 0.1) is 0 Å². The smallest absolute Gasteiger partial charge is 0.0705 e. The number of H-pyrrole nitrogens is 1. The lowest BCUT2D eigenvalue weighted by Crippen LogP contribution is -2.25. The minimum Gasteiger partial charge on any atom is -0.396 e. The van der Waals surface area contributed by atoms with Gasteiger partial charge in [-0.25, -0.2) is 0 Å². The molecule has 1 heterocycles. The highest BCUT2D eigenvalue weighted by Crippen LogP contribution is 2.27. The number of aliphatic hydroxyl groups excluding tert-OH is 1. The Labute approximate surface area is 112 Å². The van der Waals surface area contributed by atoms with E-state index in [1.807, 2.05) is 24.3 Å². The Morgan fingerprint density at radius 1 is 1.39 bits per heavy atom. The maximum absolute atomic E-state index is 8.78. The van der Waals surface area contributed by atoms with Crippen molar-refractivity contribution in [2.24, 2.45) is 0 Å². The normalized spacial score (nSPS) is 13.1. The van der Waals surface area contributed by atoms with Crippen LogP contribution in [-0.4, -0.2) is 22.7 Å². The highest BCUT2D eigenvalue weighted by atomic mass is 35.5. The van der Waals surface area contributed by atoms with Gasteiger partial charge in [-0.2, -0.15) is 0 Å². The SMILES string of the molecule is CC(CCCO)NCc1[nH]c2ccccc2c1Cl. The van der Waals surface area contributed by atoms with Crippen molar-refractivity contribution in [3.05, 3.63) is 35.0 Å². The maximum atomic E-state index is 8.78. The molecule has 2 aromatic rings. The Kier molecular flexibility index (Phi) is 4.64. The number of fused-ring (bicyclic) bond motifs is 1. The van der Waals surface area contributed by atoms with Crippen LogP contribution in [0.25, 0.3) is 10.9 Å². The highest BCUT2D eigenvalue weighted by Gasteiger charge is 2.09. The molecule has 0 amide bonds. The first-order valence-electron chi connectivity index (χ1n) is 6.31. The number of rotatable bonds is 6. The lowest BCUT2D eigenvalue weighted by molar-refractivity contribution is 0.276. The third kappa shape index (κ3) is 3.05. The van der Waals surface area contributed by atoms with E-state index in [1.165, 1.54) is 0 Å².